The molecule has 0 spiro atoms. The molecule has 0 bridgehead atoms. The molecule has 2 aliphatic heterocycles. The van der Waals surface area contributed by atoms with Gasteiger partial charge in [0.1, 0.15) is 12.1 Å². The van der Waals surface area contributed by atoms with Crippen molar-refractivity contribution >= 4 is 23.4 Å². The highest BCUT2D eigenvalue weighted by molar-refractivity contribution is 6.30. The van der Waals surface area contributed by atoms with Gasteiger partial charge in [-0.15, -0.1) is 0 Å². The summed E-state index contributed by atoms with van der Waals surface area (Å²) < 4.78 is 1.78. The number of aromatic nitrogens is 2. The van der Waals surface area contributed by atoms with Gasteiger partial charge in [0.25, 0.3) is 0 Å². The van der Waals surface area contributed by atoms with E-state index in [1.807, 2.05) is 30.5 Å². The average molecular weight is 374 g/mol. The van der Waals surface area contributed by atoms with E-state index in [0.29, 0.717) is 24.5 Å². The van der Waals surface area contributed by atoms with Crippen molar-refractivity contribution in [2.45, 2.75) is 38.0 Å². The monoisotopic (exact) mass is 373 g/mol. The SMILES string of the molecule is C[C@@H]1NC(=O)[C@@H]2C[C@H](NCc3cnn(-c4cccc(Cl)c4)c3)CN2C1=O. The largest absolute Gasteiger partial charge is 0.343 e. The zero-order valence-corrected chi connectivity index (χ0v) is 15.1. The molecule has 4 rings (SSSR count). The van der Waals surface area contributed by atoms with Crippen LogP contribution in [0.25, 0.3) is 5.69 Å². The van der Waals surface area contributed by atoms with Gasteiger partial charge >= 0.3 is 0 Å². The minimum Gasteiger partial charge on any atom is -0.343 e. The van der Waals surface area contributed by atoms with Crippen LogP contribution in [0.2, 0.25) is 5.02 Å². The minimum absolute atomic E-state index is 0.00678. The highest BCUT2D eigenvalue weighted by atomic mass is 35.5. The zero-order chi connectivity index (χ0) is 18.3. The summed E-state index contributed by atoms with van der Waals surface area (Å²) in [5.41, 5.74) is 1.93. The maximum absolute atomic E-state index is 12.2. The summed E-state index contributed by atoms with van der Waals surface area (Å²) in [5.74, 6) is -0.0668. The Morgan fingerprint density at radius 3 is 3.04 bits per heavy atom. The number of hydrogen-bond donors (Lipinski definition) is 2. The molecule has 7 nitrogen and oxygen atoms in total. The highest BCUT2D eigenvalue weighted by Gasteiger charge is 2.44. The molecular formula is C18H20ClN5O2. The van der Waals surface area contributed by atoms with E-state index in [1.54, 1.807) is 22.7 Å². The molecule has 2 N–H and O–H groups in total. The molecule has 3 heterocycles. The lowest BCUT2D eigenvalue weighted by atomic mass is 10.1. The molecule has 136 valence electrons. The van der Waals surface area contributed by atoms with Crippen LogP contribution in [0.5, 0.6) is 0 Å². The Bertz CT molecular complexity index is 852. The Balaban J connectivity index is 1.38. The predicted octanol–water partition coefficient (Wildman–Crippen LogP) is 1.10. The summed E-state index contributed by atoms with van der Waals surface area (Å²) in [4.78, 5) is 26.0. The number of benzene rings is 1. The van der Waals surface area contributed by atoms with Crippen LogP contribution in [0.3, 0.4) is 0 Å². The van der Waals surface area contributed by atoms with Crippen molar-refractivity contribution < 1.29 is 9.59 Å². The number of carbonyl (C=O) groups is 2. The lowest BCUT2D eigenvalue weighted by Crippen LogP contribution is -2.60. The Morgan fingerprint density at radius 2 is 2.23 bits per heavy atom. The molecule has 8 heteroatoms. The number of carbonyl (C=O) groups excluding carboxylic acids is 2. The first-order chi connectivity index (χ1) is 12.5. The molecule has 2 aliphatic rings. The van der Waals surface area contributed by atoms with E-state index < -0.39 is 6.04 Å². The lowest BCUT2D eigenvalue weighted by molar-refractivity contribution is -0.146. The van der Waals surface area contributed by atoms with Crippen LogP contribution in [0.4, 0.5) is 0 Å². The van der Waals surface area contributed by atoms with Crippen LogP contribution in [0.1, 0.15) is 18.9 Å². The van der Waals surface area contributed by atoms with Crippen molar-refractivity contribution in [2.75, 3.05) is 6.54 Å². The number of piperazine rings is 1. The van der Waals surface area contributed by atoms with Crippen molar-refractivity contribution in [1.29, 1.82) is 0 Å². The number of nitrogens with zero attached hydrogens (tertiary/aromatic N) is 3. The van der Waals surface area contributed by atoms with Crippen LogP contribution >= 0.6 is 11.6 Å². The number of halogens is 1. The molecule has 2 aromatic rings. The molecule has 0 saturated carbocycles. The molecule has 1 aromatic heterocycles. The van der Waals surface area contributed by atoms with Crippen LogP contribution in [-0.2, 0) is 16.1 Å². The topological polar surface area (TPSA) is 79.3 Å². The van der Waals surface area contributed by atoms with Crippen molar-refractivity contribution in [3.05, 3.63) is 47.2 Å². The number of rotatable bonds is 4. The zero-order valence-electron chi connectivity index (χ0n) is 14.4. The third kappa shape index (κ3) is 3.20. The van der Waals surface area contributed by atoms with Gasteiger partial charge in [-0.25, -0.2) is 4.68 Å². The second kappa shape index (κ2) is 6.74. The first kappa shape index (κ1) is 17.1. The number of fused-ring (bicyclic) bond motifs is 1. The molecule has 26 heavy (non-hydrogen) atoms. The Hall–Kier alpha value is -2.38. The third-order valence-corrected chi connectivity index (χ3v) is 5.15. The summed E-state index contributed by atoms with van der Waals surface area (Å²) in [5, 5.41) is 11.2. The fraction of sp³-hybridized carbons (Fsp3) is 0.389. The van der Waals surface area contributed by atoms with E-state index in [9.17, 15) is 9.59 Å². The van der Waals surface area contributed by atoms with E-state index in [1.165, 1.54) is 0 Å². The second-order valence-corrected chi connectivity index (χ2v) is 7.26. The molecule has 0 aliphatic carbocycles. The highest BCUT2D eigenvalue weighted by Crippen LogP contribution is 2.23. The second-order valence-electron chi connectivity index (χ2n) is 6.82. The van der Waals surface area contributed by atoms with Gasteiger partial charge in [-0.1, -0.05) is 17.7 Å². The number of nitrogens with one attached hydrogen (secondary N) is 2. The predicted molar refractivity (Wildman–Crippen MR) is 96.9 cm³/mol. The molecule has 3 atom stereocenters. The van der Waals surface area contributed by atoms with Crippen molar-refractivity contribution in [3.8, 4) is 5.69 Å². The fourth-order valence-electron chi connectivity index (χ4n) is 3.57. The lowest BCUT2D eigenvalue weighted by Gasteiger charge is -2.32. The maximum Gasteiger partial charge on any atom is 0.245 e. The van der Waals surface area contributed by atoms with E-state index in [-0.39, 0.29) is 23.9 Å². The third-order valence-electron chi connectivity index (χ3n) is 4.92. The first-order valence-corrected chi connectivity index (χ1v) is 9.03. The average Bonchev–Trinajstić information content (AvgIpc) is 3.25. The number of amides is 2. The van der Waals surface area contributed by atoms with Gasteiger partial charge in [0.05, 0.1) is 11.9 Å². The normalized spacial score (nSPS) is 25.3. The van der Waals surface area contributed by atoms with Gasteiger partial charge in [-0.3, -0.25) is 9.59 Å². The standard InChI is InChI=1S/C18H20ClN5O2/c1-11-18(26)23-10-14(6-16(23)17(25)22-11)20-7-12-8-21-24(9-12)15-4-2-3-13(19)5-15/h2-5,8-9,11,14,16,20H,6-7,10H2,1H3,(H,22,25)/t11-,14-,16-/m0/s1. The molecule has 1 aromatic carbocycles. The van der Waals surface area contributed by atoms with Crippen LogP contribution in [0.15, 0.2) is 36.7 Å². The van der Waals surface area contributed by atoms with E-state index in [0.717, 1.165) is 11.3 Å². The van der Waals surface area contributed by atoms with Crippen molar-refractivity contribution in [3.63, 3.8) is 0 Å². The molecule has 0 radical (unpaired) electrons. The summed E-state index contributed by atoms with van der Waals surface area (Å²) in [6, 6.07) is 6.80. The van der Waals surface area contributed by atoms with Crippen LogP contribution in [-0.4, -0.2) is 51.2 Å². The summed E-state index contributed by atoms with van der Waals surface area (Å²) in [7, 11) is 0. The van der Waals surface area contributed by atoms with Gasteiger partial charge in [-0.05, 0) is 31.5 Å². The quantitative estimate of drug-likeness (QED) is 0.841. The van der Waals surface area contributed by atoms with Crippen molar-refractivity contribution in [2.24, 2.45) is 0 Å². The molecule has 2 saturated heterocycles. The smallest absolute Gasteiger partial charge is 0.245 e. The van der Waals surface area contributed by atoms with Gasteiger partial charge in [0.2, 0.25) is 11.8 Å². The Kier molecular flexibility index (Phi) is 4.42. The Morgan fingerprint density at radius 1 is 1.38 bits per heavy atom. The molecule has 2 amide bonds. The summed E-state index contributed by atoms with van der Waals surface area (Å²) in [6.07, 6.45) is 4.38. The number of hydrogen-bond acceptors (Lipinski definition) is 4. The van der Waals surface area contributed by atoms with Gasteiger partial charge in [0.15, 0.2) is 0 Å². The summed E-state index contributed by atoms with van der Waals surface area (Å²) >= 11 is 6.02. The Labute approximate surface area is 156 Å². The van der Waals surface area contributed by atoms with Crippen molar-refractivity contribution in [1.82, 2.24) is 25.3 Å². The van der Waals surface area contributed by atoms with Crippen LogP contribution in [0, 0.1) is 0 Å². The van der Waals surface area contributed by atoms with Gasteiger partial charge in [-0.2, -0.15) is 5.10 Å². The molecule has 0 unspecified atom stereocenters. The minimum atomic E-state index is -0.437. The summed E-state index contributed by atoms with van der Waals surface area (Å²) in [6.45, 7) is 2.91. The van der Waals surface area contributed by atoms with Gasteiger partial charge < -0.3 is 15.5 Å². The fourth-order valence-corrected chi connectivity index (χ4v) is 3.75. The maximum atomic E-state index is 12.2. The molecule has 2 fully saturated rings. The van der Waals surface area contributed by atoms with E-state index in [4.69, 9.17) is 11.6 Å². The molecular weight excluding hydrogens is 354 g/mol. The van der Waals surface area contributed by atoms with Crippen LogP contribution < -0.4 is 10.6 Å². The van der Waals surface area contributed by atoms with E-state index >= 15 is 0 Å². The first-order valence-electron chi connectivity index (χ1n) is 8.65. The van der Waals surface area contributed by atoms with Gasteiger partial charge in [0, 0.05) is 35.9 Å². The van der Waals surface area contributed by atoms with E-state index in [2.05, 4.69) is 15.7 Å².